The molecule has 2 atom stereocenters. The minimum atomic E-state index is -2.42. The molecular formula is C22H50O3Si. The Hall–Kier alpha value is 0.0969. The molecule has 0 aliphatic carbocycles. The first-order chi connectivity index (χ1) is 12.5. The zero-order valence-electron chi connectivity index (χ0n) is 19.4. The fourth-order valence-corrected chi connectivity index (χ4v) is 5.96. The minimum absolute atomic E-state index is 0.679. The van der Waals surface area contributed by atoms with Crippen LogP contribution >= 0.6 is 0 Å². The standard InChI is InChI=1S/C20H44O3Si.C2H6/c1-7-11-13-16-19(5)20(6)17-14-12-15-18-24(21-8-2,22-9-3)23-10-4;1-2/h19-20H,7-18H2,1-6H3;1-2H3. The highest BCUT2D eigenvalue weighted by Gasteiger charge is 2.39. The van der Waals surface area contributed by atoms with Gasteiger partial charge in [0, 0.05) is 25.9 Å². The molecule has 26 heavy (non-hydrogen) atoms. The van der Waals surface area contributed by atoms with E-state index in [2.05, 4.69) is 20.8 Å². The van der Waals surface area contributed by atoms with Crippen LogP contribution in [0.4, 0.5) is 0 Å². The van der Waals surface area contributed by atoms with Crippen molar-refractivity contribution in [2.45, 2.75) is 113 Å². The molecule has 0 aromatic carbocycles. The zero-order valence-corrected chi connectivity index (χ0v) is 20.4. The first-order valence-electron chi connectivity index (χ1n) is 11.5. The van der Waals surface area contributed by atoms with Gasteiger partial charge in [0.15, 0.2) is 0 Å². The van der Waals surface area contributed by atoms with E-state index < -0.39 is 8.80 Å². The molecule has 3 nitrogen and oxygen atoms in total. The molecule has 0 aromatic heterocycles. The van der Waals surface area contributed by atoms with Gasteiger partial charge in [0.25, 0.3) is 0 Å². The van der Waals surface area contributed by atoms with Crippen LogP contribution in [0.5, 0.6) is 0 Å². The van der Waals surface area contributed by atoms with Crippen LogP contribution in [0.2, 0.25) is 6.04 Å². The Kier molecular flexibility index (Phi) is 21.6. The fraction of sp³-hybridized carbons (Fsp3) is 1.00. The van der Waals surface area contributed by atoms with E-state index in [4.69, 9.17) is 13.3 Å². The van der Waals surface area contributed by atoms with E-state index in [1.54, 1.807) is 0 Å². The second-order valence-electron chi connectivity index (χ2n) is 7.03. The second-order valence-corrected chi connectivity index (χ2v) is 9.76. The third kappa shape index (κ3) is 14.2. The van der Waals surface area contributed by atoms with Crippen LogP contribution in [0, 0.1) is 11.8 Å². The molecule has 0 bridgehead atoms. The van der Waals surface area contributed by atoms with Gasteiger partial charge in [-0.15, -0.1) is 0 Å². The molecule has 0 heterocycles. The van der Waals surface area contributed by atoms with Gasteiger partial charge in [-0.3, -0.25) is 0 Å². The van der Waals surface area contributed by atoms with E-state index in [9.17, 15) is 0 Å². The molecule has 160 valence electrons. The van der Waals surface area contributed by atoms with Crippen molar-refractivity contribution >= 4 is 8.80 Å². The highest BCUT2D eigenvalue weighted by Crippen LogP contribution is 2.25. The summed E-state index contributed by atoms with van der Waals surface area (Å²) in [6.45, 7) is 19.3. The van der Waals surface area contributed by atoms with E-state index in [1.807, 2.05) is 34.6 Å². The molecule has 0 saturated carbocycles. The first-order valence-corrected chi connectivity index (χ1v) is 13.4. The lowest BCUT2D eigenvalue weighted by atomic mass is 9.87. The normalized spacial score (nSPS) is 13.8. The number of hydrogen-bond donors (Lipinski definition) is 0. The van der Waals surface area contributed by atoms with Gasteiger partial charge in [0.2, 0.25) is 0 Å². The molecule has 4 heteroatoms. The molecule has 0 aliphatic rings. The van der Waals surface area contributed by atoms with Gasteiger partial charge in [-0.1, -0.05) is 79.6 Å². The fourth-order valence-electron chi connectivity index (χ4n) is 3.27. The Morgan fingerprint density at radius 3 is 1.42 bits per heavy atom. The molecule has 2 unspecified atom stereocenters. The SMILES string of the molecule is CC.CCCCCC(C)C(C)CCCCC[Si](OCC)(OCC)OCC. The molecule has 0 spiro atoms. The molecule has 0 aliphatic heterocycles. The van der Waals surface area contributed by atoms with Crippen molar-refractivity contribution in [2.75, 3.05) is 19.8 Å². The Morgan fingerprint density at radius 2 is 1.04 bits per heavy atom. The van der Waals surface area contributed by atoms with E-state index in [0.717, 1.165) is 24.3 Å². The first kappa shape index (κ1) is 28.3. The van der Waals surface area contributed by atoms with Crippen molar-refractivity contribution in [1.29, 1.82) is 0 Å². The van der Waals surface area contributed by atoms with Crippen molar-refractivity contribution in [3.05, 3.63) is 0 Å². The van der Waals surface area contributed by atoms with Crippen LogP contribution in [0.3, 0.4) is 0 Å². The molecule has 0 radical (unpaired) electrons. The van der Waals surface area contributed by atoms with E-state index in [-0.39, 0.29) is 0 Å². The Balaban J connectivity index is 0. The molecule has 0 saturated heterocycles. The van der Waals surface area contributed by atoms with Crippen LogP contribution < -0.4 is 0 Å². The van der Waals surface area contributed by atoms with Gasteiger partial charge in [-0.05, 0) is 39.0 Å². The van der Waals surface area contributed by atoms with Crippen molar-refractivity contribution in [2.24, 2.45) is 11.8 Å². The van der Waals surface area contributed by atoms with Crippen LogP contribution in [0.25, 0.3) is 0 Å². The van der Waals surface area contributed by atoms with Gasteiger partial charge in [-0.25, -0.2) is 0 Å². The van der Waals surface area contributed by atoms with E-state index >= 15 is 0 Å². The van der Waals surface area contributed by atoms with E-state index in [0.29, 0.717) is 19.8 Å². The quantitative estimate of drug-likeness (QED) is 0.190. The molecule has 0 N–H and O–H groups in total. The molecular weight excluding hydrogens is 340 g/mol. The summed E-state index contributed by atoms with van der Waals surface area (Å²) in [5.74, 6) is 1.70. The summed E-state index contributed by atoms with van der Waals surface area (Å²) in [5.41, 5.74) is 0. The van der Waals surface area contributed by atoms with Gasteiger partial charge < -0.3 is 13.3 Å². The molecule has 0 amide bonds. The van der Waals surface area contributed by atoms with Crippen LogP contribution in [0.1, 0.15) is 107 Å². The largest absolute Gasteiger partial charge is 0.500 e. The maximum absolute atomic E-state index is 5.93. The van der Waals surface area contributed by atoms with Gasteiger partial charge in [0.05, 0.1) is 0 Å². The third-order valence-electron chi connectivity index (χ3n) is 4.97. The van der Waals surface area contributed by atoms with E-state index in [1.165, 1.54) is 44.9 Å². The summed E-state index contributed by atoms with van der Waals surface area (Å²) in [5, 5.41) is 0. The maximum atomic E-state index is 5.93. The predicted molar refractivity (Wildman–Crippen MR) is 118 cm³/mol. The van der Waals surface area contributed by atoms with Gasteiger partial charge in [-0.2, -0.15) is 0 Å². The smallest absolute Gasteiger partial charge is 0.374 e. The monoisotopic (exact) mass is 390 g/mol. The van der Waals surface area contributed by atoms with Gasteiger partial charge in [0.1, 0.15) is 0 Å². The van der Waals surface area contributed by atoms with Crippen LogP contribution in [-0.2, 0) is 13.3 Å². The number of unbranched alkanes of at least 4 members (excludes halogenated alkanes) is 4. The Labute approximate surface area is 167 Å². The Bertz CT molecular complexity index is 257. The summed E-state index contributed by atoms with van der Waals surface area (Å²) >= 11 is 0. The average Bonchev–Trinajstić information content (AvgIpc) is 2.63. The molecule has 0 fully saturated rings. The summed E-state index contributed by atoms with van der Waals surface area (Å²) < 4.78 is 17.8. The number of rotatable bonds is 17. The zero-order chi connectivity index (χ0) is 20.3. The molecule has 0 rings (SSSR count). The topological polar surface area (TPSA) is 27.7 Å². The lowest BCUT2D eigenvalue weighted by Crippen LogP contribution is -2.45. The highest BCUT2D eigenvalue weighted by molar-refractivity contribution is 6.60. The lowest BCUT2D eigenvalue weighted by Gasteiger charge is -2.28. The van der Waals surface area contributed by atoms with Crippen molar-refractivity contribution in [3.63, 3.8) is 0 Å². The number of hydrogen-bond acceptors (Lipinski definition) is 3. The van der Waals surface area contributed by atoms with Crippen molar-refractivity contribution < 1.29 is 13.3 Å². The third-order valence-corrected chi connectivity index (χ3v) is 8.12. The molecule has 0 aromatic rings. The van der Waals surface area contributed by atoms with Crippen LogP contribution in [0.15, 0.2) is 0 Å². The predicted octanol–water partition coefficient (Wildman–Crippen LogP) is 7.47. The summed E-state index contributed by atoms with van der Waals surface area (Å²) in [7, 11) is -2.42. The average molecular weight is 391 g/mol. The second kappa shape index (κ2) is 19.8. The lowest BCUT2D eigenvalue weighted by molar-refractivity contribution is 0.0706. The summed E-state index contributed by atoms with van der Waals surface area (Å²) in [4.78, 5) is 0. The Morgan fingerprint density at radius 1 is 0.615 bits per heavy atom. The van der Waals surface area contributed by atoms with Crippen molar-refractivity contribution in [1.82, 2.24) is 0 Å². The van der Waals surface area contributed by atoms with Crippen LogP contribution in [-0.4, -0.2) is 28.6 Å². The highest BCUT2D eigenvalue weighted by atomic mass is 28.4. The van der Waals surface area contributed by atoms with Gasteiger partial charge >= 0.3 is 8.80 Å². The summed E-state index contributed by atoms with van der Waals surface area (Å²) in [6.07, 6.45) is 10.6. The summed E-state index contributed by atoms with van der Waals surface area (Å²) in [6, 6.07) is 0.961. The minimum Gasteiger partial charge on any atom is -0.374 e. The van der Waals surface area contributed by atoms with Crippen molar-refractivity contribution in [3.8, 4) is 0 Å². The maximum Gasteiger partial charge on any atom is 0.500 e.